The number of fused-ring (bicyclic) bond motifs is 1. The molecule has 4 rings (SSSR count). The maximum atomic E-state index is 10.8. The van der Waals surface area contributed by atoms with Gasteiger partial charge in [-0.1, -0.05) is 77.9 Å². The summed E-state index contributed by atoms with van der Waals surface area (Å²) in [6.45, 7) is 16.7. The predicted octanol–water partition coefficient (Wildman–Crippen LogP) is 8.96. The van der Waals surface area contributed by atoms with Crippen LogP contribution in [-0.2, 0) is 10.8 Å². The summed E-state index contributed by atoms with van der Waals surface area (Å²) in [5.74, 6) is 0.457. The minimum atomic E-state index is -0.0544. The molecule has 0 saturated carbocycles. The van der Waals surface area contributed by atoms with Crippen LogP contribution in [0.5, 0.6) is 11.5 Å². The number of hydrogen-bond donors (Lipinski definition) is 2. The van der Waals surface area contributed by atoms with Crippen LogP contribution in [0.2, 0.25) is 0 Å². The summed E-state index contributed by atoms with van der Waals surface area (Å²) in [4.78, 5) is 9.60. The van der Waals surface area contributed by atoms with E-state index in [0.29, 0.717) is 22.5 Å². The number of benzene rings is 4. The van der Waals surface area contributed by atoms with Crippen LogP contribution in [0.1, 0.15) is 74.9 Å². The first-order chi connectivity index (χ1) is 17.7. The van der Waals surface area contributed by atoms with Crippen molar-refractivity contribution >= 4 is 34.6 Å². The number of rotatable bonds is 4. The second kappa shape index (κ2) is 10.1. The topological polar surface area (TPSA) is 65.2 Å². The molecule has 4 heteroatoms. The highest BCUT2D eigenvalue weighted by atomic mass is 16.3. The maximum absolute atomic E-state index is 10.8. The van der Waals surface area contributed by atoms with Gasteiger partial charge in [-0.2, -0.15) is 0 Å². The summed E-state index contributed by atoms with van der Waals surface area (Å²) in [6, 6.07) is 20.1. The number of phenols is 2. The first-order valence-electron chi connectivity index (χ1n) is 13.0. The summed E-state index contributed by atoms with van der Waals surface area (Å²) in [5, 5.41) is 23.6. The highest BCUT2D eigenvalue weighted by Gasteiger charge is 2.18. The van der Waals surface area contributed by atoms with Gasteiger partial charge in [0.1, 0.15) is 11.5 Å². The fourth-order valence-corrected chi connectivity index (χ4v) is 4.38. The molecule has 0 spiro atoms. The SMILES string of the molecule is Cc1cc(C(C)(C)C)cc(C=Nc2cc3ccccc3cc2N=Cc2cc(C(C)(C)C)cc(C)c2O)c1O. The molecular formula is C34H38N2O2. The average Bonchev–Trinajstić information content (AvgIpc) is 2.84. The molecule has 0 aliphatic carbocycles. The molecule has 0 amide bonds. The fraction of sp³-hybridized carbons (Fsp3) is 0.294. The molecule has 2 N–H and O–H groups in total. The molecule has 4 aromatic rings. The lowest BCUT2D eigenvalue weighted by Gasteiger charge is -2.21. The van der Waals surface area contributed by atoms with Gasteiger partial charge in [-0.25, -0.2) is 0 Å². The van der Waals surface area contributed by atoms with E-state index < -0.39 is 0 Å². The number of hydrogen-bond acceptors (Lipinski definition) is 4. The molecule has 0 unspecified atom stereocenters. The van der Waals surface area contributed by atoms with Gasteiger partial charge in [0.15, 0.2) is 0 Å². The number of phenolic OH excluding ortho intramolecular Hbond substituents is 2. The molecule has 0 heterocycles. The highest BCUT2D eigenvalue weighted by molar-refractivity contribution is 5.96. The summed E-state index contributed by atoms with van der Waals surface area (Å²) < 4.78 is 0. The van der Waals surface area contributed by atoms with E-state index in [9.17, 15) is 10.2 Å². The van der Waals surface area contributed by atoms with E-state index in [1.54, 1.807) is 12.4 Å². The predicted molar refractivity (Wildman–Crippen MR) is 162 cm³/mol. The molecule has 0 bridgehead atoms. The molecule has 0 fully saturated rings. The number of aromatic hydroxyl groups is 2. The van der Waals surface area contributed by atoms with Gasteiger partial charge in [-0.3, -0.25) is 9.98 Å². The Morgan fingerprint density at radius 2 is 0.947 bits per heavy atom. The summed E-state index contributed by atoms with van der Waals surface area (Å²) in [7, 11) is 0. The Kier molecular flexibility index (Phi) is 7.20. The third kappa shape index (κ3) is 5.80. The number of nitrogens with zero attached hydrogens (tertiary/aromatic N) is 2. The van der Waals surface area contributed by atoms with E-state index in [2.05, 4.69) is 41.5 Å². The molecule has 4 aromatic carbocycles. The lowest BCUT2D eigenvalue weighted by Crippen LogP contribution is -2.12. The lowest BCUT2D eigenvalue weighted by atomic mass is 9.85. The summed E-state index contributed by atoms with van der Waals surface area (Å²) in [6.07, 6.45) is 3.42. The second-order valence-electron chi connectivity index (χ2n) is 12.2. The van der Waals surface area contributed by atoms with Gasteiger partial charge in [0.05, 0.1) is 11.4 Å². The molecule has 0 aromatic heterocycles. The Bertz CT molecular complexity index is 1450. The fourth-order valence-electron chi connectivity index (χ4n) is 4.38. The smallest absolute Gasteiger partial charge is 0.127 e. The molecule has 0 aliphatic rings. The lowest BCUT2D eigenvalue weighted by molar-refractivity contribution is 0.468. The minimum Gasteiger partial charge on any atom is -0.507 e. The Morgan fingerprint density at radius 1 is 0.579 bits per heavy atom. The molecule has 0 atom stereocenters. The molecule has 0 saturated heterocycles. The molecule has 4 nitrogen and oxygen atoms in total. The van der Waals surface area contributed by atoms with Crippen molar-refractivity contribution in [2.45, 2.75) is 66.2 Å². The zero-order valence-electron chi connectivity index (χ0n) is 23.7. The number of aliphatic imine (C=N–C) groups is 2. The molecule has 196 valence electrons. The quantitative estimate of drug-likeness (QED) is 0.271. The van der Waals surface area contributed by atoms with Crippen LogP contribution in [0.3, 0.4) is 0 Å². The van der Waals surface area contributed by atoms with Crippen molar-refractivity contribution in [3.63, 3.8) is 0 Å². The standard InChI is InChI=1S/C34H38N2O2/c1-21-13-27(33(3,4)5)15-25(31(21)37)19-35-29-17-23-11-9-10-12-24(23)18-30(29)36-20-26-16-28(34(6,7)8)14-22(2)32(26)38/h9-20,37-38H,1-8H3. The van der Waals surface area contributed by atoms with Crippen molar-refractivity contribution in [3.8, 4) is 11.5 Å². The van der Waals surface area contributed by atoms with Crippen molar-refractivity contribution in [1.29, 1.82) is 0 Å². The molecular weight excluding hydrogens is 468 g/mol. The van der Waals surface area contributed by atoms with Crippen LogP contribution in [-0.4, -0.2) is 22.6 Å². The van der Waals surface area contributed by atoms with Crippen LogP contribution in [0.25, 0.3) is 10.8 Å². The monoisotopic (exact) mass is 506 g/mol. The van der Waals surface area contributed by atoms with Gasteiger partial charge >= 0.3 is 0 Å². The first-order valence-corrected chi connectivity index (χ1v) is 13.0. The maximum Gasteiger partial charge on any atom is 0.127 e. The van der Waals surface area contributed by atoms with Crippen molar-refractivity contribution < 1.29 is 10.2 Å². The van der Waals surface area contributed by atoms with E-state index >= 15 is 0 Å². The van der Waals surface area contributed by atoms with E-state index in [-0.39, 0.29) is 22.3 Å². The molecule has 0 radical (unpaired) electrons. The summed E-state index contributed by atoms with van der Waals surface area (Å²) >= 11 is 0. The average molecular weight is 507 g/mol. The molecule has 0 aliphatic heterocycles. The van der Waals surface area contributed by atoms with Crippen LogP contribution in [0.4, 0.5) is 11.4 Å². The zero-order chi connectivity index (χ0) is 27.8. The van der Waals surface area contributed by atoms with E-state index in [1.807, 2.05) is 74.5 Å². The van der Waals surface area contributed by atoms with Gasteiger partial charge in [0, 0.05) is 23.6 Å². The van der Waals surface area contributed by atoms with Crippen LogP contribution in [0.15, 0.2) is 70.6 Å². The van der Waals surface area contributed by atoms with E-state index in [4.69, 9.17) is 9.98 Å². The van der Waals surface area contributed by atoms with Gasteiger partial charge < -0.3 is 10.2 Å². The van der Waals surface area contributed by atoms with Crippen molar-refractivity contribution in [2.75, 3.05) is 0 Å². The highest BCUT2D eigenvalue weighted by Crippen LogP contribution is 2.36. The van der Waals surface area contributed by atoms with Crippen molar-refractivity contribution in [1.82, 2.24) is 0 Å². The first kappa shape index (κ1) is 27.1. The van der Waals surface area contributed by atoms with Crippen molar-refractivity contribution in [2.24, 2.45) is 9.98 Å². The van der Waals surface area contributed by atoms with Gasteiger partial charge in [-0.05, 0) is 82.0 Å². The van der Waals surface area contributed by atoms with Crippen LogP contribution >= 0.6 is 0 Å². The van der Waals surface area contributed by atoms with Gasteiger partial charge in [0.25, 0.3) is 0 Å². The van der Waals surface area contributed by atoms with Gasteiger partial charge in [-0.15, -0.1) is 0 Å². The molecule has 38 heavy (non-hydrogen) atoms. The zero-order valence-corrected chi connectivity index (χ0v) is 23.7. The Hall–Kier alpha value is -3.92. The summed E-state index contributed by atoms with van der Waals surface area (Å²) in [5.41, 5.74) is 6.50. The third-order valence-corrected chi connectivity index (χ3v) is 6.92. The van der Waals surface area contributed by atoms with E-state index in [0.717, 1.165) is 33.0 Å². The second-order valence-corrected chi connectivity index (χ2v) is 12.2. The Balaban J connectivity index is 1.83. The third-order valence-electron chi connectivity index (χ3n) is 6.92. The minimum absolute atomic E-state index is 0.0544. The van der Waals surface area contributed by atoms with Crippen LogP contribution < -0.4 is 0 Å². The van der Waals surface area contributed by atoms with Crippen molar-refractivity contribution in [3.05, 3.63) is 94.0 Å². The van der Waals surface area contributed by atoms with E-state index in [1.165, 1.54) is 0 Å². The normalized spacial score (nSPS) is 12.7. The largest absolute Gasteiger partial charge is 0.507 e. The Morgan fingerprint density at radius 3 is 1.29 bits per heavy atom. The van der Waals surface area contributed by atoms with Gasteiger partial charge in [0.2, 0.25) is 0 Å². The Labute approximate surface area is 226 Å². The van der Waals surface area contributed by atoms with Crippen LogP contribution in [0, 0.1) is 13.8 Å². The number of aryl methyl sites for hydroxylation is 2.